The van der Waals surface area contributed by atoms with Crippen molar-refractivity contribution in [2.75, 3.05) is 26.4 Å². The van der Waals surface area contributed by atoms with E-state index in [1.54, 1.807) is 0 Å². The maximum absolute atomic E-state index is 11.9. The minimum Gasteiger partial charge on any atom is -0.395 e. The molecule has 0 atom stereocenters. The van der Waals surface area contributed by atoms with Crippen molar-refractivity contribution < 1.29 is 14.6 Å². The first kappa shape index (κ1) is 16.7. The maximum Gasteiger partial charge on any atom is 0.261 e. The highest BCUT2D eigenvalue weighted by Gasteiger charge is 2.10. The van der Waals surface area contributed by atoms with Crippen LogP contribution in [0.3, 0.4) is 0 Å². The summed E-state index contributed by atoms with van der Waals surface area (Å²) in [6.07, 6.45) is 1.27. The second-order valence-corrected chi connectivity index (χ2v) is 5.26. The minimum absolute atomic E-state index is 0.0601. The molecule has 0 saturated carbocycles. The summed E-state index contributed by atoms with van der Waals surface area (Å²) in [5.74, 6) is 5.79. The Morgan fingerprint density at radius 1 is 1.55 bits per heavy atom. The van der Waals surface area contributed by atoms with Gasteiger partial charge in [0.2, 0.25) is 0 Å². The Morgan fingerprint density at radius 2 is 2.35 bits per heavy atom. The first-order valence-corrected chi connectivity index (χ1v) is 7.56. The summed E-state index contributed by atoms with van der Waals surface area (Å²) in [6.45, 7) is 5.93. The fourth-order valence-corrected chi connectivity index (χ4v) is 2.49. The molecule has 0 bridgehead atoms. The number of aryl methyl sites for hydroxylation is 1. The molecule has 1 rings (SSSR count). The van der Waals surface area contributed by atoms with Crippen LogP contribution < -0.4 is 5.32 Å². The number of thiophene rings is 1. The van der Waals surface area contributed by atoms with Crippen molar-refractivity contribution in [3.8, 4) is 11.8 Å². The first-order chi connectivity index (χ1) is 9.69. The summed E-state index contributed by atoms with van der Waals surface area (Å²) < 4.78 is 5.21. The van der Waals surface area contributed by atoms with Crippen molar-refractivity contribution in [2.24, 2.45) is 0 Å². The van der Waals surface area contributed by atoms with Gasteiger partial charge in [-0.25, -0.2) is 0 Å². The van der Waals surface area contributed by atoms with Gasteiger partial charge in [0.25, 0.3) is 5.91 Å². The number of aliphatic hydroxyl groups is 1. The van der Waals surface area contributed by atoms with Gasteiger partial charge in [-0.3, -0.25) is 4.79 Å². The SMILES string of the molecule is CCOCCCNC(=O)c1cc(C)c(C#CCCO)s1. The lowest BCUT2D eigenvalue weighted by molar-refractivity contribution is 0.0948. The monoisotopic (exact) mass is 295 g/mol. The van der Waals surface area contributed by atoms with Crippen LogP contribution in [0.2, 0.25) is 0 Å². The Kier molecular flexibility index (Phi) is 7.97. The van der Waals surface area contributed by atoms with E-state index >= 15 is 0 Å². The molecular weight excluding hydrogens is 274 g/mol. The number of aliphatic hydroxyl groups excluding tert-OH is 1. The van der Waals surface area contributed by atoms with Gasteiger partial charge in [0.15, 0.2) is 0 Å². The lowest BCUT2D eigenvalue weighted by Gasteiger charge is -2.03. The maximum atomic E-state index is 11.9. The number of nitrogens with one attached hydrogen (secondary N) is 1. The van der Waals surface area contributed by atoms with Crippen LogP contribution in [0.15, 0.2) is 6.07 Å². The van der Waals surface area contributed by atoms with Gasteiger partial charge < -0.3 is 15.2 Å². The average molecular weight is 295 g/mol. The molecule has 20 heavy (non-hydrogen) atoms. The molecule has 0 spiro atoms. The van der Waals surface area contributed by atoms with Crippen molar-refractivity contribution in [1.82, 2.24) is 5.32 Å². The fourth-order valence-electron chi connectivity index (χ4n) is 1.52. The molecule has 5 heteroatoms. The number of rotatable bonds is 7. The van der Waals surface area contributed by atoms with E-state index in [0.29, 0.717) is 31.1 Å². The zero-order valence-corrected chi connectivity index (χ0v) is 12.8. The highest BCUT2D eigenvalue weighted by atomic mass is 32.1. The topological polar surface area (TPSA) is 58.6 Å². The standard InChI is InChI=1S/C15H21NO3S/c1-3-19-10-6-8-16-15(18)14-11-12(2)13(20-14)7-4-5-9-17/h11,17H,3,5-6,8-10H2,1-2H3,(H,16,18). The molecule has 1 amide bonds. The normalized spacial score (nSPS) is 9.95. The van der Waals surface area contributed by atoms with E-state index < -0.39 is 0 Å². The molecular formula is C15H21NO3S. The average Bonchev–Trinajstić information content (AvgIpc) is 2.80. The molecule has 1 aromatic heterocycles. The summed E-state index contributed by atoms with van der Waals surface area (Å²) in [4.78, 5) is 13.5. The molecule has 0 aliphatic carbocycles. The van der Waals surface area contributed by atoms with E-state index in [-0.39, 0.29) is 12.5 Å². The quantitative estimate of drug-likeness (QED) is 0.597. The van der Waals surface area contributed by atoms with E-state index in [0.717, 1.165) is 16.9 Å². The van der Waals surface area contributed by atoms with Crippen LogP contribution in [0.1, 0.15) is 39.9 Å². The fraction of sp³-hybridized carbons (Fsp3) is 0.533. The third-order valence-electron chi connectivity index (χ3n) is 2.54. The van der Waals surface area contributed by atoms with Crippen LogP contribution in [0.5, 0.6) is 0 Å². The second kappa shape index (κ2) is 9.54. The van der Waals surface area contributed by atoms with Gasteiger partial charge in [0, 0.05) is 26.2 Å². The first-order valence-electron chi connectivity index (χ1n) is 6.75. The lowest BCUT2D eigenvalue weighted by Crippen LogP contribution is -2.24. The molecule has 0 radical (unpaired) electrons. The highest BCUT2D eigenvalue weighted by Crippen LogP contribution is 2.20. The Hall–Kier alpha value is -1.35. The molecule has 0 aromatic carbocycles. The van der Waals surface area contributed by atoms with E-state index in [9.17, 15) is 4.79 Å². The van der Waals surface area contributed by atoms with Crippen molar-refractivity contribution >= 4 is 17.2 Å². The smallest absolute Gasteiger partial charge is 0.261 e. The van der Waals surface area contributed by atoms with Gasteiger partial charge >= 0.3 is 0 Å². The Bertz CT molecular complexity index is 485. The van der Waals surface area contributed by atoms with Crippen LogP contribution in [-0.4, -0.2) is 37.4 Å². The van der Waals surface area contributed by atoms with E-state index in [1.807, 2.05) is 19.9 Å². The van der Waals surface area contributed by atoms with Gasteiger partial charge in [0.1, 0.15) is 0 Å². The number of carbonyl (C=O) groups excluding carboxylic acids is 1. The Labute approximate surface area is 124 Å². The van der Waals surface area contributed by atoms with Gasteiger partial charge in [-0.15, -0.1) is 11.3 Å². The predicted molar refractivity (Wildman–Crippen MR) is 81.1 cm³/mol. The number of ether oxygens (including phenoxy) is 1. The van der Waals surface area contributed by atoms with Crippen molar-refractivity contribution in [2.45, 2.75) is 26.7 Å². The van der Waals surface area contributed by atoms with Gasteiger partial charge in [-0.1, -0.05) is 11.8 Å². The molecule has 1 aromatic rings. The molecule has 2 N–H and O–H groups in total. The van der Waals surface area contributed by atoms with Crippen molar-refractivity contribution in [3.05, 3.63) is 21.4 Å². The van der Waals surface area contributed by atoms with Gasteiger partial charge in [-0.05, 0) is 31.9 Å². The highest BCUT2D eigenvalue weighted by molar-refractivity contribution is 7.14. The molecule has 0 fully saturated rings. The third-order valence-corrected chi connectivity index (χ3v) is 3.69. The van der Waals surface area contributed by atoms with E-state index in [2.05, 4.69) is 17.2 Å². The zero-order chi connectivity index (χ0) is 14.8. The summed E-state index contributed by atoms with van der Waals surface area (Å²) in [7, 11) is 0. The third kappa shape index (κ3) is 5.74. The van der Waals surface area contributed by atoms with Crippen LogP contribution in [0, 0.1) is 18.8 Å². The molecule has 1 heterocycles. The van der Waals surface area contributed by atoms with E-state index in [1.165, 1.54) is 11.3 Å². The molecule has 0 saturated heterocycles. The molecule has 0 aliphatic heterocycles. The van der Waals surface area contributed by atoms with Crippen molar-refractivity contribution in [1.29, 1.82) is 0 Å². The molecule has 0 aliphatic rings. The minimum atomic E-state index is -0.0650. The Morgan fingerprint density at radius 3 is 3.05 bits per heavy atom. The van der Waals surface area contributed by atoms with Crippen LogP contribution in [-0.2, 0) is 4.74 Å². The summed E-state index contributed by atoms with van der Waals surface area (Å²) in [5, 5.41) is 11.6. The number of amides is 1. The summed E-state index contributed by atoms with van der Waals surface area (Å²) in [5.41, 5.74) is 1.000. The lowest BCUT2D eigenvalue weighted by atomic mass is 10.2. The van der Waals surface area contributed by atoms with E-state index in [4.69, 9.17) is 9.84 Å². The van der Waals surface area contributed by atoms with Crippen LogP contribution >= 0.6 is 11.3 Å². The van der Waals surface area contributed by atoms with Gasteiger partial charge in [0.05, 0.1) is 16.4 Å². The zero-order valence-electron chi connectivity index (χ0n) is 12.0. The molecule has 0 unspecified atom stereocenters. The van der Waals surface area contributed by atoms with Crippen molar-refractivity contribution in [3.63, 3.8) is 0 Å². The largest absolute Gasteiger partial charge is 0.395 e. The summed E-state index contributed by atoms with van der Waals surface area (Å²) in [6, 6.07) is 1.85. The summed E-state index contributed by atoms with van der Waals surface area (Å²) >= 11 is 1.39. The van der Waals surface area contributed by atoms with Crippen LogP contribution in [0.4, 0.5) is 0 Å². The molecule has 4 nitrogen and oxygen atoms in total. The number of hydrogen-bond acceptors (Lipinski definition) is 4. The van der Waals surface area contributed by atoms with Crippen LogP contribution in [0.25, 0.3) is 0 Å². The van der Waals surface area contributed by atoms with Gasteiger partial charge in [-0.2, -0.15) is 0 Å². The number of hydrogen-bond donors (Lipinski definition) is 2. The second-order valence-electron chi connectivity index (χ2n) is 4.20. The predicted octanol–water partition coefficient (Wildman–Crippen LogP) is 1.95. The molecule has 110 valence electrons. The number of carbonyl (C=O) groups is 1. The Balaban J connectivity index is 2.49.